The van der Waals surface area contributed by atoms with Crippen molar-refractivity contribution in [2.45, 2.75) is 39.7 Å². The van der Waals surface area contributed by atoms with Crippen LogP contribution in [0.2, 0.25) is 0 Å². The van der Waals surface area contributed by atoms with Crippen LogP contribution in [-0.4, -0.2) is 10.1 Å². The Hall–Kier alpha value is -0.890. The molecule has 1 aromatic heterocycles. The van der Waals surface area contributed by atoms with E-state index < -0.39 is 0 Å². The fourth-order valence-electron chi connectivity index (χ4n) is 1.44. The van der Waals surface area contributed by atoms with Gasteiger partial charge in [-0.25, -0.2) is 0 Å². The van der Waals surface area contributed by atoms with Crippen molar-refractivity contribution in [3.63, 3.8) is 0 Å². The summed E-state index contributed by atoms with van der Waals surface area (Å²) in [5.41, 5.74) is 2.04. The summed E-state index contributed by atoms with van der Waals surface area (Å²) in [6.45, 7) is 6.30. The number of pyridine rings is 1. The molecule has 0 aliphatic heterocycles. The van der Waals surface area contributed by atoms with E-state index in [-0.39, 0.29) is 6.10 Å². The first kappa shape index (κ1) is 11.2. The number of hydrogen-bond acceptors (Lipinski definition) is 2. The highest BCUT2D eigenvalue weighted by Crippen LogP contribution is 2.22. The topological polar surface area (TPSA) is 33.1 Å². The molecule has 0 bridgehead atoms. The lowest BCUT2D eigenvalue weighted by molar-refractivity contribution is 0.146. The SMILES string of the molecule is CCC(C)CC(O)c1cncc(C)c1. The first-order valence-corrected chi connectivity index (χ1v) is 5.23. The van der Waals surface area contributed by atoms with Crippen molar-refractivity contribution in [1.82, 2.24) is 4.98 Å². The summed E-state index contributed by atoms with van der Waals surface area (Å²) in [6.07, 6.45) is 5.12. The molecule has 2 nitrogen and oxygen atoms in total. The van der Waals surface area contributed by atoms with Crippen LogP contribution in [0.3, 0.4) is 0 Å². The lowest BCUT2D eigenvalue weighted by Gasteiger charge is -2.15. The minimum atomic E-state index is -0.364. The van der Waals surface area contributed by atoms with Crippen LogP contribution in [0.25, 0.3) is 0 Å². The van der Waals surface area contributed by atoms with Crippen molar-refractivity contribution in [1.29, 1.82) is 0 Å². The van der Waals surface area contributed by atoms with Crippen LogP contribution in [0, 0.1) is 12.8 Å². The van der Waals surface area contributed by atoms with Gasteiger partial charge in [-0.05, 0) is 30.4 Å². The number of aryl methyl sites for hydroxylation is 1. The average Bonchev–Trinajstić information content (AvgIpc) is 2.17. The number of aliphatic hydroxyl groups is 1. The van der Waals surface area contributed by atoms with Crippen LogP contribution in [0.1, 0.15) is 43.9 Å². The number of nitrogens with zero attached hydrogens (tertiary/aromatic N) is 1. The van der Waals surface area contributed by atoms with Gasteiger partial charge in [0, 0.05) is 12.4 Å². The van der Waals surface area contributed by atoms with Gasteiger partial charge in [0.1, 0.15) is 0 Å². The standard InChI is InChI=1S/C12H19NO/c1-4-9(2)6-12(14)11-5-10(3)7-13-8-11/h5,7-9,12,14H,4,6H2,1-3H3. The summed E-state index contributed by atoms with van der Waals surface area (Å²) in [5, 5.41) is 9.91. The molecule has 1 aromatic rings. The van der Waals surface area contributed by atoms with Crippen molar-refractivity contribution in [2.75, 3.05) is 0 Å². The maximum Gasteiger partial charge on any atom is 0.0807 e. The maximum absolute atomic E-state index is 9.91. The third-order valence-electron chi connectivity index (χ3n) is 2.60. The Morgan fingerprint density at radius 3 is 2.71 bits per heavy atom. The van der Waals surface area contributed by atoms with Gasteiger partial charge in [0.15, 0.2) is 0 Å². The fraction of sp³-hybridized carbons (Fsp3) is 0.583. The Kier molecular flexibility index (Phi) is 4.08. The highest BCUT2D eigenvalue weighted by Gasteiger charge is 2.11. The summed E-state index contributed by atoms with van der Waals surface area (Å²) in [6, 6.07) is 2.00. The number of rotatable bonds is 4. The molecule has 0 aromatic carbocycles. The second kappa shape index (κ2) is 5.11. The van der Waals surface area contributed by atoms with Crippen LogP contribution >= 0.6 is 0 Å². The lowest BCUT2D eigenvalue weighted by atomic mass is 9.97. The molecule has 2 heteroatoms. The van der Waals surface area contributed by atoms with E-state index in [9.17, 15) is 5.11 Å². The molecule has 0 saturated heterocycles. The van der Waals surface area contributed by atoms with Gasteiger partial charge in [-0.15, -0.1) is 0 Å². The molecular weight excluding hydrogens is 174 g/mol. The van der Waals surface area contributed by atoms with Gasteiger partial charge in [-0.1, -0.05) is 26.3 Å². The molecule has 1 N–H and O–H groups in total. The Bertz CT molecular complexity index is 285. The first-order valence-electron chi connectivity index (χ1n) is 5.23. The number of hydrogen-bond donors (Lipinski definition) is 1. The zero-order valence-electron chi connectivity index (χ0n) is 9.20. The second-order valence-electron chi connectivity index (χ2n) is 4.06. The fourth-order valence-corrected chi connectivity index (χ4v) is 1.44. The zero-order valence-corrected chi connectivity index (χ0v) is 9.20. The van der Waals surface area contributed by atoms with E-state index in [0.717, 1.165) is 24.0 Å². The van der Waals surface area contributed by atoms with Crippen LogP contribution in [0.4, 0.5) is 0 Å². The second-order valence-corrected chi connectivity index (χ2v) is 4.06. The van der Waals surface area contributed by atoms with Crippen molar-refractivity contribution >= 4 is 0 Å². The molecule has 0 spiro atoms. The molecule has 0 amide bonds. The molecule has 78 valence electrons. The van der Waals surface area contributed by atoms with Crippen LogP contribution < -0.4 is 0 Å². The minimum Gasteiger partial charge on any atom is -0.388 e. The van der Waals surface area contributed by atoms with Crippen molar-refractivity contribution in [3.05, 3.63) is 29.6 Å². The van der Waals surface area contributed by atoms with E-state index in [0.29, 0.717) is 5.92 Å². The Balaban J connectivity index is 2.64. The maximum atomic E-state index is 9.91. The van der Waals surface area contributed by atoms with E-state index in [1.54, 1.807) is 12.4 Å². The summed E-state index contributed by atoms with van der Waals surface area (Å²) in [4.78, 5) is 4.08. The molecule has 2 atom stereocenters. The van der Waals surface area contributed by atoms with E-state index >= 15 is 0 Å². The average molecular weight is 193 g/mol. The lowest BCUT2D eigenvalue weighted by Crippen LogP contribution is -2.04. The van der Waals surface area contributed by atoms with Gasteiger partial charge >= 0.3 is 0 Å². The van der Waals surface area contributed by atoms with Crippen LogP contribution in [0.15, 0.2) is 18.5 Å². The van der Waals surface area contributed by atoms with Gasteiger partial charge in [0.05, 0.1) is 6.10 Å². The van der Waals surface area contributed by atoms with Crippen molar-refractivity contribution < 1.29 is 5.11 Å². The Morgan fingerprint density at radius 2 is 2.14 bits per heavy atom. The van der Waals surface area contributed by atoms with Gasteiger partial charge in [0.2, 0.25) is 0 Å². The molecule has 1 rings (SSSR count). The predicted octanol–water partition coefficient (Wildman–Crippen LogP) is 2.86. The molecule has 1 heterocycles. The molecule has 0 fully saturated rings. The molecule has 0 aliphatic carbocycles. The Labute approximate surface area is 86.0 Å². The molecule has 2 unspecified atom stereocenters. The van der Waals surface area contributed by atoms with Crippen molar-refractivity contribution in [3.8, 4) is 0 Å². The van der Waals surface area contributed by atoms with E-state index in [1.807, 2.05) is 13.0 Å². The normalized spacial score (nSPS) is 15.1. The quantitative estimate of drug-likeness (QED) is 0.797. The van der Waals surface area contributed by atoms with Crippen molar-refractivity contribution in [2.24, 2.45) is 5.92 Å². The first-order chi connectivity index (χ1) is 6.63. The molecule has 0 radical (unpaired) electrons. The van der Waals surface area contributed by atoms with Gasteiger partial charge < -0.3 is 5.11 Å². The number of aromatic nitrogens is 1. The predicted molar refractivity (Wildman–Crippen MR) is 58.0 cm³/mol. The summed E-state index contributed by atoms with van der Waals surface area (Å²) in [5.74, 6) is 0.561. The number of aliphatic hydroxyl groups excluding tert-OH is 1. The zero-order chi connectivity index (χ0) is 10.6. The monoisotopic (exact) mass is 193 g/mol. The van der Waals surface area contributed by atoms with Crippen LogP contribution in [-0.2, 0) is 0 Å². The highest BCUT2D eigenvalue weighted by atomic mass is 16.3. The third-order valence-corrected chi connectivity index (χ3v) is 2.60. The summed E-state index contributed by atoms with van der Waals surface area (Å²) in [7, 11) is 0. The van der Waals surface area contributed by atoms with Crippen LogP contribution in [0.5, 0.6) is 0 Å². The van der Waals surface area contributed by atoms with Gasteiger partial charge in [-0.3, -0.25) is 4.98 Å². The largest absolute Gasteiger partial charge is 0.388 e. The van der Waals surface area contributed by atoms with Gasteiger partial charge in [-0.2, -0.15) is 0 Å². The molecule has 0 saturated carbocycles. The highest BCUT2D eigenvalue weighted by molar-refractivity contribution is 5.18. The Morgan fingerprint density at radius 1 is 1.43 bits per heavy atom. The minimum absolute atomic E-state index is 0.364. The van der Waals surface area contributed by atoms with Gasteiger partial charge in [0.25, 0.3) is 0 Å². The molecule has 14 heavy (non-hydrogen) atoms. The summed E-state index contributed by atoms with van der Waals surface area (Å²) < 4.78 is 0. The molecule has 0 aliphatic rings. The van der Waals surface area contributed by atoms with E-state index in [2.05, 4.69) is 18.8 Å². The molecular formula is C12H19NO. The third kappa shape index (κ3) is 3.11. The van der Waals surface area contributed by atoms with E-state index in [4.69, 9.17) is 0 Å². The van der Waals surface area contributed by atoms with E-state index in [1.165, 1.54) is 0 Å². The summed E-state index contributed by atoms with van der Waals surface area (Å²) >= 11 is 0. The smallest absolute Gasteiger partial charge is 0.0807 e.